The van der Waals surface area contributed by atoms with Gasteiger partial charge in [-0.05, 0) is 49.1 Å². The molecule has 2 atom stereocenters. The van der Waals surface area contributed by atoms with Gasteiger partial charge in [-0.15, -0.1) is 0 Å². The molecule has 1 aliphatic heterocycles. The van der Waals surface area contributed by atoms with Crippen LogP contribution in [-0.2, 0) is 6.42 Å². The Labute approximate surface area is 117 Å². The van der Waals surface area contributed by atoms with Crippen LogP contribution in [0.15, 0.2) is 30.3 Å². The summed E-state index contributed by atoms with van der Waals surface area (Å²) < 4.78 is 0. The molecule has 0 amide bonds. The highest BCUT2D eigenvalue weighted by atomic mass is 15.0. The molecule has 0 bridgehead atoms. The van der Waals surface area contributed by atoms with E-state index in [1.165, 1.54) is 57.1 Å². The summed E-state index contributed by atoms with van der Waals surface area (Å²) in [6.45, 7) is 3.76. The lowest BCUT2D eigenvalue weighted by molar-refractivity contribution is 0.118. The van der Waals surface area contributed by atoms with Crippen molar-refractivity contribution in [2.45, 2.75) is 57.9 Å². The number of rotatable bonds is 3. The summed E-state index contributed by atoms with van der Waals surface area (Å²) >= 11 is 0. The van der Waals surface area contributed by atoms with Crippen molar-refractivity contribution in [2.75, 3.05) is 6.54 Å². The maximum Gasteiger partial charge on any atom is 0.0164 e. The lowest BCUT2D eigenvalue weighted by Gasteiger charge is -2.41. The quantitative estimate of drug-likeness (QED) is 0.856. The summed E-state index contributed by atoms with van der Waals surface area (Å²) in [7, 11) is 0. The van der Waals surface area contributed by atoms with Gasteiger partial charge in [0.25, 0.3) is 0 Å². The molecule has 19 heavy (non-hydrogen) atoms. The summed E-state index contributed by atoms with van der Waals surface area (Å²) in [5.74, 6) is 0.949. The molecular formula is C18H27N. The van der Waals surface area contributed by atoms with E-state index in [9.17, 15) is 0 Å². The molecule has 0 aromatic heterocycles. The molecule has 1 aliphatic carbocycles. The molecule has 1 saturated carbocycles. The van der Waals surface area contributed by atoms with Gasteiger partial charge in [-0.1, -0.05) is 56.5 Å². The Balaban J connectivity index is 1.73. The van der Waals surface area contributed by atoms with Gasteiger partial charge < -0.3 is 5.32 Å². The Morgan fingerprint density at radius 2 is 1.84 bits per heavy atom. The minimum atomic E-state index is 0.524. The van der Waals surface area contributed by atoms with Crippen LogP contribution >= 0.6 is 0 Å². The summed E-state index contributed by atoms with van der Waals surface area (Å²) in [5, 5.41) is 3.79. The molecule has 104 valence electrons. The first-order chi connectivity index (χ1) is 9.29. The predicted octanol–water partition coefficient (Wildman–Crippen LogP) is 4.18. The molecule has 1 aromatic carbocycles. The summed E-state index contributed by atoms with van der Waals surface area (Å²) in [5.41, 5.74) is 2.01. The van der Waals surface area contributed by atoms with Gasteiger partial charge in [0.05, 0.1) is 0 Å². The van der Waals surface area contributed by atoms with Gasteiger partial charge >= 0.3 is 0 Å². The van der Waals surface area contributed by atoms with E-state index in [1.54, 1.807) is 0 Å². The van der Waals surface area contributed by atoms with Gasteiger partial charge in [0.1, 0.15) is 0 Å². The van der Waals surface area contributed by atoms with Crippen molar-refractivity contribution in [3.63, 3.8) is 0 Å². The van der Waals surface area contributed by atoms with Crippen molar-refractivity contribution in [1.82, 2.24) is 5.32 Å². The van der Waals surface area contributed by atoms with Crippen LogP contribution in [0.2, 0.25) is 0 Å². The molecule has 1 heterocycles. The predicted molar refractivity (Wildman–Crippen MR) is 81.2 cm³/mol. The highest BCUT2D eigenvalue weighted by Gasteiger charge is 2.44. The van der Waals surface area contributed by atoms with Crippen LogP contribution in [0.3, 0.4) is 0 Å². The van der Waals surface area contributed by atoms with Gasteiger partial charge in [0.2, 0.25) is 0 Å². The molecule has 1 aromatic rings. The second kappa shape index (κ2) is 5.66. The first kappa shape index (κ1) is 13.2. The first-order valence-corrected chi connectivity index (χ1v) is 8.06. The zero-order chi connectivity index (χ0) is 13.1. The summed E-state index contributed by atoms with van der Waals surface area (Å²) in [4.78, 5) is 0. The summed E-state index contributed by atoms with van der Waals surface area (Å²) in [6.07, 6.45) is 9.87. The Kier molecular flexibility index (Phi) is 3.93. The molecular weight excluding hydrogens is 230 g/mol. The van der Waals surface area contributed by atoms with E-state index in [2.05, 4.69) is 42.6 Å². The Morgan fingerprint density at radius 3 is 2.58 bits per heavy atom. The molecule has 2 aliphatic rings. The maximum atomic E-state index is 3.79. The van der Waals surface area contributed by atoms with E-state index in [-0.39, 0.29) is 0 Å². The van der Waals surface area contributed by atoms with Crippen molar-refractivity contribution in [3.8, 4) is 0 Å². The standard InChI is InChI=1S/C18H27N/c1-18(16-10-6-3-7-11-16)12-13-19-17(18)14-15-8-4-2-5-9-15/h2,4-5,8-9,16-17,19H,3,6-7,10-14H2,1H3. The zero-order valence-electron chi connectivity index (χ0n) is 12.2. The van der Waals surface area contributed by atoms with E-state index >= 15 is 0 Å². The third-order valence-corrected chi connectivity index (χ3v) is 5.67. The highest BCUT2D eigenvalue weighted by molar-refractivity contribution is 5.18. The van der Waals surface area contributed by atoms with Crippen LogP contribution in [-0.4, -0.2) is 12.6 Å². The van der Waals surface area contributed by atoms with E-state index in [0.717, 1.165) is 5.92 Å². The molecule has 2 unspecified atom stereocenters. The fourth-order valence-corrected chi connectivity index (χ4v) is 4.33. The molecule has 0 spiro atoms. The van der Waals surface area contributed by atoms with Gasteiger partial charge in [-0.25, -0.2) is 0 Å². The molecule has 1 nitrogen and oxygen atoms in total. The molecule has 0 radical (unpaired) electrons. The lowest BCUT2D eigenvalue weighted by Crippen LogP contribution is -2.42. The second-order valence-electron chi connectivity index (χ2n) is 6.79. The average Bonchev–Trinajstić information content (AvgIpc) is 2.84. The third-order valence-electron chi connectivity index (χ3n) is 5.67. The highest BCUT2D eigenvalue weighted by Crippen LogP contribution is 2.46. The molecule has 3 rings (SSSR count). The topological polar surface area (TPSA) is 12.0 Å². The van der Waals surface area contributed by atoms with E-state index in [4.69, 9.17) is 0 Å². The van der Waals surface area contributed by atoms with Gasteiger partial charge in [0.15, 0.2) is 0 Å². The Hall–Kier alpha value is -0.820. The normalized spacial score (nSPS) is 32.6. The van der Waals surface area contributed by atoms with Crippen LogP contribution in [0.5, 0.6) is 0 Å². The number of hydrogen-bond acceptors (Lipinski definition) is 1. The van der Waals surface area contributed by atoms with Crippen LogP contribution < -0.4 is 5.32 Å². The fourth-order valence-electron chi connectivity index (χ4n) is 4.33. The third kappa shape index (κ3) is 2.72. The van der Waals surface area contributed by atoms with Crippen LogP contribution in [0.4, 0.5) is 0 Å². The number of benzene rings is 1. The second-order valence-corrected chi connectivity index (χ2v) is 6.79. The lowest BCUT2D eigenvalue weighted by atomic mass is 9.65. The van der Waals surface area contributed by atoms with Crippen LogP contribution in [0.1, 0.15) is 51.0 Å². The molecule has 1 saturated heterocycles. The average molecular weight is 257 g/mol. The van der Waals surface area contributed by atoms with Crippen molar-refractivity contribution in [3.05, 3.63) is 35.9 Å². The smallest absolute Gasteiger partial charge is 0.0164 e. The maximum absolute atomic E-state index is 3.79. The minimum absolute atomic E-state index is 0.524. The van der Waals surface area contributed by atoms with Crippen molar-refractivity contribution in [2.24, 2.45) is 11.3 Å². The van der Waals surface area contributed by atoms with Gasteiger partial charge in [0, 0.05) is 6.04 Å². The molecule has 2 fully saturated rings. The number of nitrogens with one attached hydrogen (secondary N) is 1. The molecule has 1 N–H and O–H groups in total. The first-order valence-electron chi connectivity index (χ1n) is 8.06. The van der Waals surface area contributed by atoms with Crippen LogP contribution in [0.25, 0.3) is 0 Å². The van der Waals surface area contributed by atoms with Crippen LogP contribution in [0, 0.1) is 11.3 Å². The fraction of sp³-hybridized carbons (Fsp3) is 0.667. The van der Waals surface area contributed by atoms with Crippen molar-refractivity contribution in [1.29, 1.82) is 0 Å². The monoisotopic (exact) mass is 257 g/mol. The van der Waals surface area contributed by atoms with E-state index in [1.807, 2.05) is 0 Å². The minimum Gasteiger partial charge on any atom is -0.313 e. The van der Waals surface area contributed by atoms with Crippen molar-refractivity contribution < 1.29 is 0 Å². The zero-order valence-corrected chi connectivity index (χ0v) is 12.2. The van der Waals surface area contributed by atoms with Gasteiger partial charge in [-0.2, -0.15) is 0 Å². The Morgan fingerprint density at radius 1 is 1.11 bits per heavy atom. The largest absolute Gasteiger partial charge is 0.313 e. The van der Waals surface area contributed by atoms with Gasteiger partial charge in [-0.3, -0.25) is 0 Å². The van der Waals surface area contributed by atoms with Crippen molar-refractivity contribution >= 4 is 0 Å². The van der Waals surface area contributed by atoms with E-state index in [0.29, 0.717) is 11.5 Å². The SMILES string of the molecule is CC1(C2CCCCC2)CCNC1Cc1ccccc1. The number of hydrogen-bond donors (Lipinski definition) is 1. The summed E-state index contributed by atoms with van der Waals surface area (Å²) in [6, 6.07) is 11.7. The molecule has 1 heteroatoms. The van der Waals surface area contributed by atoms with E-state index < -0.39 is 0 Å². The Bertz CT molecular complexity index is 393.